The maximum atomic E-state index is 11.4. The molecule has 0 unspecified atom stereocenters. The smallest absolute Gasteiger partial charge is 0.266 e. The van der Waals surface area contributed by atoms with Crippen molar-refractivity contribution in [2.75, 3.05) is 25.1 Å². The molecule has 124 valence electrons. The summed E-state index contributed by atoms with van der Waals surface area (Å²) in [5.74, 6) is 0.819. The molecule has 2 rings (SSSR count). The minimum absolute atomic E-state index is 0.0171. The molecule has 0 aliphatic carbocycles. The number of unbranched alkanes of at least 4 members (excludes halogenated alkanes) is 2. The van der Waals surface area contributed by atoms with Gasteiger partial charge in [-0.3, -0.25) is 4.79 Å². The fraction of sp³-hybridized carbons (Fsp3) is 0.412. The quantitative estimate of drug-likeness (QED) is 0.618. The number of aliphatic hydroxyl groups excluding tert-OH is 1. The molecular formula is C17H23N3O3. The summed E-state index contributed by atoms with van der Waals surface area (Å²) in [6, 6.07) is 9.03. The van der Waals surface area contributed by atoms with Gasteiger partial charge < -0.3 is 15.2 Å². The van der Waals surface area contributed by atoms with Crippen LogP contribution in [0.25, 0.3) is 11.3 Å². The molecule has 6 nitrogen and oxygen atoms in total. The second-order valence-electron chi connectivity index (χ2n) is 5.22. The van der Waals surface area contributed by atoms with E-state index in [1.165, 1.54) is 18.9 Å². The zero-order valence-corrected chi connectivity index (χ0v) is 13.3. The normalized spacial score (nSPS) is 10.5. The number of benzene rings is 1. The van der Waals surface area contributed by atoms with Gasteiger partial charge in [-0.2, -0.15) is 5.10 Å². The van der Waals surface area contributed by atoms with Crippen molar-refractivity contribution in [3.8, 4) is 17.0 Å². The fourth-order valence-corrected chi connectivity index (χ4v) is 2.20. The van der Waals surface area contributed by atoms with Crippen molar-refractivity contribution in [3.63, 3.8) is 0 Å². The molecule has 1 heterocycles. The van der Waals surface area contributed by atoms with Crippen LogP contribution in [0.15, 0.2) is 35.1 Å². The molecule has 3 N–H and O–H groups in total. The number of nitrogens with one attached hydrogen (secondary N) is 2. The van der Waals surface area contributed by atoms with E-state index in [1.54, 1.807) is 0 Å². The molecule has 0 spiro atoms. The van der Waals surface area contributed by atoms with Crippen molar-refractivity contribution >= 4 is 5.69 Å². The van der Waals surface area contributed by atoms with Gasteiger partial charge in [-0.15, -0.1) is 0 Å². The summed E-state index contributed by atoms with van der Waals surface area (Å²) in [6.45, 7) is 3.22. The Hall–Kier alpha value is -2.34. The van der Waals surface area contributed by atoms with E-state index in [2.05, 4.69) is 22.4 Å². The minimum atomic E-state index is -0.287. The predicted molar refractivity (Wildman–Crippen MR) is 90.9 cm³/mol. The molecule has 0 atom stereocenters. The number of nitrogens with zero attached hydrogens (tertiary/aromatic N) is 1. The molecule has 0 saturated carbocycles. The van der Waals surface area contributed by atoms with Gasteiger partial charge in [0, 0.05) is 18.2 Å². The Morgan fingerprint density at radius 1 is 1.26 bits per heavy atom. The van der Waals surface area contributed by atoms with Crippen LogP contribution in [0.1, 0.15) is 26.2 Å². The highest BCUT2D eigenvalue weighted by molar-refractivity contribution is 5.73. The first-order chi connectivity index (χ1) is 11.2. The van der Waals surface area contributed by atoms with E-state index in [0.29, 0.717) is 24.5 Å². The van der Waals surface area contributed by atoms with Gasteiger partial charge in [0.25, 0.3) is 5.56 Å². The van der Waals surface area contributed by atoms with Gasteiger partial charge >= 0.3 is 0 Å². The number of anilines is 1. The zero-order chi connectivity index (χ0) is 16.5. The van der Waals surface area contributed by atoms with Crippen LogP contribution >= 0.6 is 0 Å². The van der Waals surface area contributed by atoms with Crippen LogP contribution in [0.5, 0.6) is 5.75 Å². The monoisotopic (exact) mass is 317 g/mol. The molecule has 0 aliphatic rings. The highest BCUT2D eigenvalue weighted by atomic mass is 16.5. The Labute approximate surface area is 135 Å². The average molecular weight is 317 g/mol. The van der Waals surface area contributed by atoms with Crippen LogP contribution in [0, 0.1) is 0 Å². The van der Waals surface area contributed by atoms with E-state index in [1.807, 2.05) is 24.3 Å². The van der Waals surface area contributed by atoms with Crippen molar-refractivity contribution < 1.29 is 9.84 Å². The molecule has 1 aromatic heterocycles. The van der Waals surface area contributed by atoms with Gasteiger partial charge in [0.05, 0.1) is 18.9 Å². The van der Waals surface area contributed by atoms with Crippen LogP contribution in [-0.4, -0.2) is 35.1 Å². The predicted octanol–water partition coefficient (Wildman–Crippen LogP) is 2.41. The number of aliphatic hydroxyl groups is 1. The van der Waals surface area contributed by atoms with Gasteiger partial charge in [-0.05, 0) is 30.7 Å². The van der Waals surface area contributed by atoms with Gasteiger partial charge in [-0.1, -0.05) is 19.8 Å². The topological polar surface area (TPSA) is 87.2 Å². The summed E-state index contributed by atoms with van der Waals surface area (Å²) in [7, 11) is 0. The number of aromatic amines is 1. The van der Waals surface area contributed by atoms with Crippen LogP contribution < -0.4 is 15.6 Å². The molecule has 0 aliphatic heterocycles. The molecule has 23 heavy (non-hydrogen) atoms. The SMILES string of the molecule is CCCCCOc1ccc(-c2n[nH]c(=O)cc2NCCO)cc1. The highest BCUT2D eigenvalue weighted by Crippen LogP contribution is 2.25. The van der Waals surface area contributed by atoms with E-state index in [0.717, 1.165) is 17.7 Å². The number of hydrogen-bond acceptors (Lipinski definition) is 5. The standard InChI is InChI=1S/C17H23N3O3/c1-2-3-4-11-23-14-7-5-13(6-8-14)17-15(18-9-10-21)12-16(22)19-20-17/h5-8,12,21H,2-4,9-11H2,1H3,(H2,18,19,22). The molecule has 1 aromatic carbocycles. The third-order valence-corrected chi connectivity index (χ3v) is 3.38. The first-order valence-electron chi connectivity index (χ1n) is 7.92. The Morgan fingerprint density at radius 2 is 2.04 bits per heavy atom. The Kier molecular flexibility index (Phi) is 6.62. The third kappa shape index (κ3) is 5.10. The van der Waals surface area contributed by atoms with Gasteiger partial charge in [0.2, 0.25) is 0 Å². The van der Waals surface area contributed by atoms with Gasteiger partial charge in [0.1, 0.15) is 11.4 Å². The third-order valence-electron chi connectivity index (χ3n) is 3.38. The summed E-state index contributed by atoms with van der Waals surface area (Å²) in [5.41, 5.74) is 1.81. The van der Waals surface area contributed by atoms with Crippen LogP contribution in [0.2, 0.25) is 0 Å². The Balaban J connectivity index is 2.11. The van der Waals surface area contributed by atoms with Crippen molar-refractivity contribution in [1.29, 1.82) is 0 Å². The molecule has 0 amide bonds. The van der Waals surface area contributed by atoms with E-state index in [4.69, 9.17) is 9.84 Å². The summed E-state index contributed by atoms with van der Waals surface area (Å²) in [6.07, 6.45) is 3.39. The number of rotatable bonds is 9. The number of ether oxygens (including phenoxy) is 1. The van der Waals surface area contributed by atoms with Crippen LogP contribution in [0.4, 0.5) is 5.69 Å². The molecule has 0 radical (unpaired) electrons. The number of hydrogen-bond donors (Lipinski definition) is 3. The largest absolute Gasteiger partial charge is 0.494 e. The zero-order valence-electron chi connectivity index (χ0n) is 13.3. The maximum Gasteiger partial charge on any atom is 0.266 e. The van der Waals surface area contributed by atoms with Crippen molar-refractivity contribution in [1.82, 2.24) is 10.2 Å². The van der Waals surface area contributed by atoms with Gasteiger partial charge in [0.15, 0.2) is 0 Å². The molecule has 6 heteroatoms. The molecule has 0 fully saturated rings. The molecular weight excluding hydrogens is 294 g/mol. The Morgan fingerprint density at radius 3 is 2.74 bits per heavy atom. The first kappa shape index (κ1) is 17.0. The van der Waals surface area contributed by atoms with Crippen molar-refractivity contribution in [3.05, 3.63) is 40.7 Å². The second-order valence-corrected chi connectivity index (χ2v) is 5.22. The maximum absolute atomic E-state index is 11.4. The van der Waals surface area contributed by atoms with Crippen molar-refractivity contribution in [2.24, 2.45) is 0 Å². The fourth-order valence-electron chi connectivity index (χ4n) is 2.20. The van der Waals surface area contributed by atoms with E-state index in [9.17, 15) is 4.79 Å². The summed E-state index contributed by atoms with van der Waals surface area (Å²) >= 11 is 0. The van der Waals surface area contributed by atoms with E-state index < -0.39 is 0 Å². The lowest BCUT2D eigenvalue weighted by Crippen LogP contribution is -2.13. The number of H-pyrrole nitrogens is 1. The summed E-state index contributed by atoms with van der Waals surface area (Å²) in [4.78, 5) is 11.4. The minimum Gasteiger partial charge on any atom is -0.494 e. The summed E-state index contributed by atoms with van der Waals surface area (Å²) < 4.78 is 5.69. The highest BCUT2D eigenvalue weighted by Gasteiger charge is 2.08. The molecule has 0 bridgehead atoms. The lowest BCUT2D eigenvalue weighted by Gasteiger charge is -2.10. The number of aromatic nitrogens is 2. The van der Waals surface area contributed by atoms with E-state index >= 15 is 0 Å². The van der Waals surface area contributed by atoms with Crippen LogP contribution in [-0.2, 0) is 0 Å². The van der Waals surface area contributed by atoms with Gasteiger partial charge in [-0.25, -0.2) is 5.10 Å². The molecule has 0 saturated heterocycles. The van der Waals surface area contributed by atoms with E-state index in [-0.39, 0.29) is 12.2 Å². The lowest BCUT2D eigenvalue weighted by atomic mass is 10.1. The van der Waals surface area contributed by atoms with Crippen molar-refractivity contribution in [2.45, 2.75) is 26.2 Å². The Bertz CT molecular complexity index is 653. The second kappa shape index (κ2) is 8.95. The van der Waals surface area contributed by atoms with Crippen LogP contribution in [0.3, 0.4) is 0 Å². The average Bonchev–Trinajstić information content (AvgIpc) is 2.58. The molecule has 2 aromatic rings. The lowest BCUT2D eigenvalue weighted by molar-refractivity contribution is 0.306. The summed E-state index contributed by atoms with van der Waals surface area (Å²) in [5, 5.41) is 18.5. The first-order valence-corrected chi connectivity index (χ1v) is 7.92.